The summed E-state index contributed by atoms with van der Waals surface area (Å²) in [5, 5.41) is 4.22. The molecule has 0 fully saturated rings. The van der Waals surface area contributed by atoms with Crippen molar-refractivity contribution in [1.82, 2.24) is 0 Å². The molecule has 5 aromatic rings. The van der Waals surface area contributed by atoms with E-state index in [9.17, 15) is 4.39 Å². The lowest BCUT2D eigenvalue weighted by Crippen LogP contribution is -3.00. The molecular weight excluding hydrogens is 526 g/mol. The third kappa shape index (κ3) is 5.67. The molecule has 0 saturated heterocycles. The van der Waals surface area contributed by atoms with Gasteiger partial charge in [-0.3, -0.25) is 0 Å². The first-order valence-corrected chi connectivity index (χ1v) is 14.1. The second-order valence-electron chi connectivity index (χ2n) is 8.88. The highest BCUT2D eigenvalue weighted by atomic mass is 79.9. The molecule has 0 radical (unpaired) electrons. The molecule has 5 aromatic carbocycles. The van der Waals surface area contributed by atoms with Gasteiger partial charge in [-0.1, -0.05) is 97.1 Å². The average Bonchev–Trinajstić information content (AvgIpc) is 2.93. The predicted molar refractivity (Wildman–Crippen MR) is 149 cm³/mol. The van der Waals surface area contributed by atoms with Crippen LogP contribution in [0, 0.1) is 5.82 Å². The van der Waals surface area contributed by atoms with Crippen LogP contribution < -0.4 is 32.9 Å². The fourth-order valence-electron chi connectivity index (χ4n) is 4.94. The van der Waals surface area contributed by atoms with Crippen molar-refractivity contribution in [1.29, 1.82) is 0 Å². The number of halogens is 2. The fourth-order valence-corrected chi connectivity index (χ4v) is 9.47. The van der Waals surface area contributed by atoms with E-state index >= 15 is 0 Å². The van der Waals surface area contributed by atoms with E-state index in [0.29, 0.717) is 0 Å². The first-order valence-electron chi connectivity index (χ1n) is 12.1. The zero-order chi connectivity index (χ0) is 23.9. The van der Waals surface area contributed by atoms with Crippen LogP contribution in [0.3, 0.4) is 0 Å². The molecule has 36 heavy (non-hydrogen) atoms. The van der Waals surface area contributed by atoms with Gasteiger partial charge in [-0.15, -0.1) is 0 Å². The molecule has 0 spiro atoms. The van der Waals surface area contributed by atoms with Crippen LogP contribution in [-0.2, 0) is 19.0 Å². The van der Waals surface area contributed by atoms with E-state index in [-0.39, 0.29) is 22.8 Å². The first kappa shape index (κ1) is 26.0. The largest absolute Gasteiger partial charge is 1.00 e. The topological polar surface area (TPSA) is 0 Å². The number of benzene rings is 5. The summed E-state index contributed by atoms with van der Waals surface area (Å²) in [4.78, 5) is 0. The van der Waals surface area contributed by atoms with Crippen LogP contribution >= 0.6 is 7.26 Å². The Morgan fingerprint density at radius 2 is 0.972 bits per heavy atom. The van der Waals surface area contributed by atoms with Gasteiger partial charge in [0.05, 0.1) is 6.16 Å². The van der Waals surface area contributed by atoms with E-state index in [1.165, 1.54) is 27.0 Å². The number of hydrogen-bond acceptors (Lipinski definition) is 0. The SMILES string of the molecule is Fc1ccc(CCc2ccccc2[P+](Cc2ccccc2)(c2ccccc2)c2ccccc2)cc1.[Br-]. The Labute approximate surface area is 225 Å². The van der Waals surface area contributed by atoms with Gasteiger partial charge in [0.15, 0.2) is 0 Å². The minimum Gasteiger partial charge on any atom is -1.00 e. The highest BCUT2D eigenvalue weighted by molar-refractivity contribution is 7.95. The van der Waals surface area contributed by atoms with Crippen molar-refractivity contribution in [3.8, 4) is 0 Å². The Balaban J connectivity index is 0.00000304. The molecule has 5 rings (SSSR count). The second-order valence-corrected chi connectivity index (χ2v) is 12.3. The third-order valence-electron chi connectivity index (χ3n) is 6.66. The van der Waals surface area contributed by atoms with Crippen LogP contribution in [0.15, 0.2) is 140 Å². The molecule has 0 aliphatic rings. The van der Waals surface area contributed by atoms with Crippen molar-refractivity contribution < 1.29 is 21.4 Å². The Kier molecular flexibility index (Phi) is 8.86. The maximum absolute atomic E-state index is 13.5. The van der Waals surface area contributed by atoms with Gasteiger partial charge in [0.2, 0.25) is 0 Å². The summed E-state index contributed by atoms with van der Waals surface area (Å²) in [6, 6.07) is 48.8. The van der Waals surface area contributed by atoms with Crippen LogP contribution in [-0.4, -0.2) is 0 Å². The van der Waals surface area contributed by atoms with Crippen molar-refractivity contribution in [3.05, 3.63) is 162 Å². The van der Waals surface area contributed by atoms with E-state index < -0.39 is 7.26 Å². The summed E-state index contributed by atoms with van der Waals surface area (Å²) in [6.07, 6.45) is 2.76. The molecule has 0 bridgehead atoms. The van der Waals surface area contributed by atoms with Crippen molar-refractivity contribution in [2.24, 2.45) is 0 Å². The van der Waals surface area contributed by atoms with Crippen molar-refractivity contribution in [2.45, 2.75) is 19.0 Å². The minimum atomic E-state index is -2.00. The van der Waals surface area contributed by atoms with Crippen LogP contribution in [0.5, 0.6) is 0 Å². The molecular formula is C33H29BrFP. The van der Waals surface area contributed by atoms with Crippen LogP contribution in [0.1, 0.15) is 16.7 Å². The van der Waals surface area contributed by atoms with Crippen molar-refractivity contribution in [2.75, 3.05) is 0 Å². The van der Waals surface area contributed by atoms with Gasteiger partial charge in [0, 0.05) is 0 Å². The van der Waals surface area contributed by atoms with Gasteiger partial charge in [0.25, 0.3) is 0 Å². The molecule has 0 unspecified atom stereocenters. The quantitative estimate of drug-likeness (QED) is 0.253. The van der Waals surface area contributed by atoms with Gasteiger partial charge in [-0.2, -0.15) is 0 Å². The van der Waals surface area contributed by atoms with E-state index in [4.69, 9.17) is 0 Å². The predicted octanol–water partition coefficient (Wildman–Crippen LogP) is 4.11. The molecule has 0 nitrogen and oxygen atoms in total. The van der Waals surface area contributed by atoms with Crippen molar-refractivity contribution >= 4 is 23.2 Å². The summed E-state index contributed by atoms with van der Waals surface area (Å²) in [5.74, 6) is -0.185. The maximum Gasteiger partial charge on any atom is 0.123 e. The summed E-state index contributed by atoms with van der Waals surface area (Å²) in [7, 11) is -2.00. The number of aryl methyl sites for hydroxylation is 2. The van der Waals surface area contributed by atoms with E-state index in [2.05, 4.69) is 115 Å². The zero-order valence-electron chi connectivity index (χ0n) is 20.1. The molecule has 0 heterocycles. The molecule has 0 amide bonds. The Morgan fingerprint density at radius 3 is 1.56 bits per heavy atom. The maximum atomic E-state index is 13.5. The molecule has 0 N–H and O–H groups in total. The summed E-state index contributed by atoms with van der Waals surface area (Å²) >= 11 is 0. The molecule has 0 atom stereocenters. The summed E-state index contributed by atoms with van der Waals surface area (Å²) < 4.78 is 13.5. The Bertz CT molecular complexity index is 1310. The monoisotopic (exact) mass is 554 g/mol. The lowest BCUT2D eigenvalue weighted by atomic mass is 10.0. The van der Waals surface area contributed by atoms with Gasteiger partial charge >= 0.3 is 0 Å². The van der Waals surface area contributed by atoms with E-state index in [0.717, 1.165) is 24.6 Å². The lowest BCUT2D eigenvalue weighted by Gasteiger charge is -2.29. The molecule has 3 heteroatoms. The first-order chi connectivity index (χ1) is 17.3. The smallest absolute Gasteiger partial charge is 0.123 e. The van der Waals surface area contributed by atoms with Gasteiger partial charge in [-0.05, 0) is 72.0 Å². The van der Waals surface area contributed by atoms with Gasteiger partial charge < -0.3 is 17.0 Å². The minimum absolute atomic E-state index is 0. The Hall–Kier alpha value is -3.06. The van der Waals surface area contributed by atoms with Gasteiger partial charge in [-0.25, -0.2) is 4.39 Å². The highest BCUT2D eigenvalue weighted by Crippen LogP contribution is 2.58. The summed E-state index contributed by atoms with van der Waals surface area (Å²) in [6.45, 7) is 0. The number of rotatable bonds is 8. The van der Waals surface area contributed by atoms with E-state index in [1.54, 1.807) is 12.1 Å². The zero-order valence-corrected chi connectivity index (χ0v) is 22.6. The lowest BCUT2D eigenvalue weighted by molar-refractivity contribution is -0.00000743. The number of hydrogen-bond donors (Lipinski definition) is 0. The van der Waals surface area contributed by atoms with Crippen molar-refractivity contribution in [3.63, 3.8) is 0 Å². The molecule has 0 aliphatic carbocycles. The van der Waals surface area contributed by atoms with Crippen LogP contribution in [0.25, 0.3) is 0 Å². The highest BCUT2D eigenvalue weighted by Gasteiger charge is 2.46. The van der Waals surface area contributed by atoms with E-state index in [1.807, 2.05) is 12.1 Å². The van der Waals surface area contributed by atoms with Gasteiger partial charge in [0.1, 0.15) is 29.0 Å². The average molecular weight is 555 g/mol. The van der Waals surface area contributed by atoms with Crippen LogP contribution in [0.4, 0.5) is 4.39 Å². The third-order valence-corrected chi connectivity index (χ3v) is 11.1. The summed E-state index contributed by atoms with van der Waals surface area (Å²) in [5.41, 5.74) is 3.88. The Morgan fingerprint density at radius 1 is 0.472 bits per heavy atom. The van der Waals surface area contributed by atoms with Crippen LogP contribution in [0.2, 0.25) is 0 Å². The fraction of sp³-hybridized carbons (Fsp3) is 0.0909. The second kappa shape index (κ2) is 12.3. The molecule has 0 aromatic heterocycles. The molecule has 180 valence electrons. The standard InChI is InChI=1S/C33H29FP.BrH/c34-30-24-21-27(22-25-30)20-23-29-14-10-11-19-33(29)35(31-15-6-2-7-16-31,32-17-8-3-9-18-32)26-28-12-4-1-5-13-28;/h1-19,21-22,24-25H,20,23,26H2;1H/q+1;/p-1. The molecule has 0 saturated carbocycles. The normalized spacial score (nSPS) is 11.0. The molecule has 0 aliphatic heterocycles.